The number of aliphatic hydroxyl groups is 1. The fourth-order valence-corrected chi connectivity index (χ4v) is 3.10. The van der Waals surface area contributed by atoms with Crippen LogP contribution in [0.25, 0.3) is 0 Å². The second-order valence-electron chi connectivity index (χ2n) is 6.85. The lowest BCUT2D eigenvalue weighted by Crippen LogP contribution is -2.40. The number of aliphatic carboxylic acids is 1. The Bertz CT molecular complexity index is 760. The van der Waals surface area contributed by atoms with Crippen LogP contribution in [0, 0.1) is 0 Å². The van der Waals surface area contributed by atoms with Gasteiger partial charge in [0.15, 0.2) is 0 Å². The summed E-state index contributed by atoms with van der Waals surface area (Å²) in [6.45, 7) is 1.23. The molecule has 1 unspecified atom stereocenters. The lowest BCUT2D eigenvalue weighted by atomic mass is 10.1. The Kier molecular flexibility index (Phi) is 5.81. The second-order valence-corrected chi connectivity index (χ2v) is 7.29. The van der Waals surface area contributed by atoms with Crippen molar-refractivity contribution in [3.63, 3.8) is 0 Å². The van der Waals surface area contributed by atoms with Crippen molar-refractivity contribution < 1.29 is 15.0 Å². The number of hydrogen-bond donors (Lipinski definition) is 4. The number of anilines is 1. The molecule has 0 bridgehead atoms. The van der Waals surface area contributed by atoms with E-state index >= 15 is 0 Å². The van der Waals surface area contributed by atoms with Gasteiger partial charge in [-0.2, -0.15) is 0 Å². The predicted molar refractivity (Wildman–Crippen MR) is 103 cm³/mol. The van der Waals surface area contributed by atoms with Gasteiger partial charge >= 0.3 is 5.97 Å². The number of halogens is 1. The molecule has 26 heavy (non-hydrogen) atoms. The monoisotopic (exact) mass is 374 g/mol. The zero-order chi connectivity index (χ0) is 18.6. The van der Waals surface area contributed by atoms with Gasteiger partial charge in [-0.15, -0.1) is 0 Å². The molecule has 0 aromatic heterocycles. The van der Waals surface area contributed by atoms with Crippen LogP contribution in [0.2, 0.25) is 5.02 Å². The molecule has 2 aromatic rings. The standard InChI is InChI=1S/C20H23ClN2O3/c21-16-3-1-2-15(11-16)18(24)12-23-20(8-9-20)13-22-17-6-4-14(5-7-17)10-19(25)26/h1-7,11,18,22-24H,8-10,12-13H2,(H,25,26). The van der Waals surface area contributed by atoms with Crippen LogP contribution >= 0.6 is 11.6 Å². The van der Waals surface area contributed by atoms with Crippen molar-refractivity contribution in [2.24, 2.45) is 0 Å². The van der Waals surface area contributed by atoms with Crippen LogP contribution in [0.15, 0.2) is 48.5 Å². The van der Waals surface area contributed by atoms with Gasteiger partial charge in [0.25, 0.3) is 0 Å². The molecule has 0 radical (unpaired) electrons. The number of carboxylic acids is 1. The van der Waals surface area contributed by atoms with E-state index in [1.165, 1.54) is 0 Å². The van der Waals surface area contributed by atoms with Gasteiger partial charge in [-0.1, -0.05) is 35.9 Å². The Morgan fingerprint density at radius 2 is 1.92 bits per heavy atom. The Morgan fingerprint density at radius 3 is 2.54 bits per heavy atom. The highest BCUT2D eigenvalue weighted by molar-refractivity contribution is 6.30. The number of β-amino-alcohol motifs (C(OH)–C–C–N with tert-alkyl or cyclic N) is 1. The van der Waals surface area contributed by atoms with E-state index in [0.29, 0.717) is 11.6 Å². The minimum Gasteiger partial charge on any atom is -0.481 e. The molecule has 4 N–H and O–H groups in total. The first kappa shape index (κ1) is 18.7. The number of nitrogens with one attached hydrogen (secondary N) is 2. The van der Waals surface area contributed by atoms with Crippen molar-refractivity contribution in [2.75, 3.05) is 18.4 Å². The van der Waals surface area contributed by atoms with Crippen molar-refractivity contribution in [1.82, 2.24) is 5.32 Å². The Morgan fingerprint density at radius 1 is 1.19 bits per heavy atom. The quantitative estimate of drug-likeness (QED) is 0.541. The molecule has 1 aliphatic carbocycles. The van der Waals surface area contributed by atoms with Gasteiger partial charge in [0.2, 0.25) is 0 Å². The molecule has 138 valence electrons. The largest absolute Gasteiger partial charge is 0.481 e. The van der Waals surface area contributed by atoms with E-state index in [9.17, 15) is 9.90 Å². The second kappa shape index (κ2) is 8.08. The van der Waals surface area contributed by atoms with E-state index < -0.39 is 12.1 Å². The highest BCUT2D eigenvalue weighted by Gasteiger charge is 2.42. The minimum absolute atomic E-state index is 0.000703. The number of hydrogen-bond acceptors (Lipinski definition) is 4. The first-order valence-corrected chi connectivity index (χ1v) is 9.07. The molecular weight excluding hydrogens is 352 g/mol. The fraction of sp³-hybridized carbons (Fsp3) is 0.350. The first-order chi connectivity index (χ1) is 12.5. The molecule has 3 rings (SSSR count). The maximum absolute atomic E-state index is 10.7. The fourth-order valence-electron chi connectivity index (χ4n) is 2.90. The molecule has 5 nitrogen and oxygen atoms in total. The zero-order valence-electron chi connectivity index (χ0n) is 14.4. The van der Waals surface area contributed by atoms with Gasteiger partial charge in [0.1, 0.15) is 0 Å². The summed E-state index contributed by atoms with van der Waals surface area (Å²) in [6, 6.07) is 14.7. The molecule has 1 fully saturated rings. The normalized spacial score (nSPS) is 16.1. The highest BCUT2D eigenvalue weighted by atomic mass is 35.5. The molecule has 1 atom stereocenters. The van der Waals surface area contributed by atoms with Gasteiger partial charge in [-0.3, -0.25) is 4.79 Å². The summed E-state index contributed by atoms with van der Waals surface area (Å²) in [5, 5.41) is 26.6. The van der Waals surface area contributed by atoms with Gasteiger partial charge in [0.05, 0.1) is 12.5 Å². The summed E-state index contributed by atoms with van der Waals surface area (Å²) in [6.07, 6.45) is 1.55. The smallest absolute Gasteiger partial charge is 0.307 e. The summed E-state index contributed by atoms with van der Waals surface area (Å²) in [5.41, 5.74) is 2.55. The van der Waals surface area contributed by atoms with Crippen molar-refractivity contribution in [3.8, 4) is 0 Å². The number of rotatable bonds is 9. The topological polar surface area (TPSA) is 81.6 Å². The molecular formula is C20H23ClN2O3. The van der Waals surface area contributed by atoms with Gasteiger partial charge in [0, 0.05) is 29.3 Å². The number of carboxylic acid groups (broad SMARTS) is 1. The molecule has 1 aliphatic rings. The summed E-state index contributed by atoms with van der Waals surface area (Å²) in [4.78, 5) is 10.7. The van der Waals surface area contributed by atoms with Crippen LogP contribution in [0.5, 0.6) is 0 Å². The average Bonchev–Trinajstić information content (AvgIpc) is 3.39. The van der Waals surface area contributed by atoms with Crippen molar-refractivity contribution in [1.29, 1.82) is 0 Å². The summed E-state index contributed by atoms with van der Waals surface area (Å²) in [5.74, 6) is -0.829. The van der Waals surface area contributed by atoms with Crippen molar-refractivity contribution >= 4 is 23.3 Å². The van der Waals surface area contributed by atoms with E-state index in [1.54, 1.807) is 12.1 Å². The number of carbonyl (C=O) groups is 1. The molecule has 0 heterocycles. The van der Waals surface area contributed by atoms with Crippen LogP contribution in [-0.2, 0) is 11.2 Å². The van der Waals surface area contributed by atoms with Gasteiger partial charge in [-0.25, -0.2) is 0 Å². The third-order valence-corrected chi connectivity index (χ3v) is 4.93. The summed E-state index contributed by atoms with van der Waals surface area (Å²) < 4.78 is 0. The maximum atomic E-state index is 10.7. The third-order valence-electron chi connectivity index (χ3n) is 4.70. The van der Waals surface area contributed by atoms with Crippen LogP contribution in [0.3, 0.4) is 0 Å². The SMILES string of the molecule is O=C(O)Cc1ccc(NCC2(NCC(O)c3cccc(Cl)c3)CC2)cc1. The minimum atomic E-state index is -0.829. The molecule has 6 heteroatoms. The van der Waals surface area contributed by atoms with E-state index in [4.69, 9.17) is 16.7 Å². The van der Waals surface area contributed by atoms with Crippen LogP contribution < -0.4 is 10.6 Å². The van der Waals surface area contributed by atoms with E-state index in [0.717, 1.165) is 36.2 Å². The van der Waals surface area contributed by atoms with E-state index in [1.807, 2.05) is 36.4 Å². The number of benzene rings is 2. The van der Waals surface area contributed by atoms with E-state index in [-0.39, 0.29) is 12.0 Å². The van der Waals surface area contributed by atoms with Crippen LogP contribution in [-0.4, -0.2) is 34.8 Å². The van der Waals surface area contributed by atoms with Crippen molar-refractivity contribution in [2.45, 2.75) is 30.9 Å². The van der Waals surface area contributed by atoms with E-state index in [2.05, 4.69) is 10.6 Å². The van der Waals surface area contributed by atoms with Crippen LogP contribution in [0.4, 0.5) is 5.69 Å². The molecule has 1 saturated carbocycles. The van der Waals surface area contributed by atoms with Crippen LogP contribution in [0.1, 0.15) is 30.1 Å². The molecule has 0 aliphatic heterocycles. The Balaban J connectivity index is 1.48. The molecule has 0 saturated heterocycles. The lowest BCUT2D eigenvalue weighted by molar-refractivity contribution is -0.136. The molecule has 2 aromatic carbocycles. The summed E-state index contributed by atoms with van der Waals surface area (Å²) >= 11 is 5.97. The molecule has 0 spiro atoms. The zero-order valence-corrected chi connectivity index (χ0v) is 15.2. The highest BCUT2D eigenvalue weighted by Crippen LogP contribution is 2.36. The first-order valence-electron chi connectivity index (χ1n) is 8.69. The molecule has 0 amide bonds. The van der Waals surface area contributed by atoms with Crippen molar-refractivity contribution in [3.05, 3.63) is 64.7 Å². The maximum Gasteiger partial charge on any atom is 0.307 e. The Hall–Kier alpha value is -2.08. The number of aliphatic hydroxyl groups excluding tert-OH is 1. The lowest BCUT2D eigenvalue weighted by Gasteiger charge is -2.21. The Labute approximate surface area is 158 Å². The predicted octanol–water partition coefficient (Wildman–Crippen LogP) is 3.23. The third kappa shape index (κ3) is 5.21. The average molecular weight is 375 g/mol. The van der Waals surface area contributed by atoms with Gasteiger partial charge in [-0.05, 0) is 48.2 Å². The van der Waals surface area contributed by atoms with Gasteiger partial charge < -0.3 is 20.8 Å². The summed E-state index contributed by atoms with van der Waals surface area (Å²) in [7, 11) is 0.